The number of imide groups is 2. The smallest absolute Gasteiger partial charge is 0.328 e. The van der Waals surface area contributed by atoms with Crippen LogP contribution in [0.4, 0.5) is 9.59 Å². The lowest BCUT2D eigenvalue weighted by Crippen LogP contribution is -2.39. The van der Waals surface area contributed by atoms with Gasteiger partial charge in [0.2, 0.25) is 0 Å². The van der Waals surface area contributed by atoms with Gasteiger partial charge in [-0.1, -0.05) is 10.2 Å². The van der Waals surface area contributed by atoms with Crippen molar-refractivity contribution in [1.29, 1.82) is 0 Å². The highest BCUT2D eigenvalue weighted by atomic mass is 16.7. The second-order valence-corrected chi connectivity index (χ2v) is 3.40. The number of carbonyl (C=O) groups excluding carboxylic acids is 5. The molecule has 18 heavy (non-hydrogen) atoms. The Morgan fingerprint density at radius 2 is 1.56 bits per heavy atom. The van der Waals surface area contributed by atoms with Crippen molar-refractivity contribution >= 4 is 29.8 Å². The normalized spacial score (nSPS) is 19.1. The molecular formula is C8H6N4O6. The first-order chi connectivity index (χ1) is 8.49. The van der Waals surface area contributed by atoms with Crippen molar-refractivity contribution in [2.75, 3.05) is 6.54 Å². The summed E-state index contributed by atoms with van der Waals surface area (Å²) in [4.78, 5) is 60.4. The van der Waals surface area contributed by atoms with E-state index >= 15 is 0 Å². The molecule has 2 rings (SSSR count). The highest BCUT2D eigenvalue weighted by Crippen LogP contribution is 2.13. The van der Waals surface area contributed by atoms with Crippen LogP contribution < -0.4 is 0 Å². The van der Waals surface area contributed by atoms with E-state index in [1.165, 1.54) is 0 Å². The number of nitrogens with zero attached hydrogens (tertiary/aromatic N) is 4. The number of carbonyl (C=O) groups is 5. The Morgan fingerprint density at radius 1 is 1.06 bits per heavy atom. The quantitative estimate of drug-likeness (QED) is 0.630. The molecule has 6 amide bonds. The topological polar surface area (TPSA) is 126 Å². The molecule has 2 heterocycles. The lowest BCUT2D eigenvalue weighted by atomic mass is 10.4. The second-order valence-electron chi connectivity index (χ2n) is 3.40. The molecule has 0 atom stereocenters. The van der Waals surface area contributed by atoms with Crippen molar-refractivity contribution in [1.82, 2.24) is 9.96 Å². The summed E-state index contributed by atoms with van der Waals surface area (Å²) in [5.74, 6) is -2.41. The number of rotatable bonds is 3. The Labute approximate surface area is 99.1 Å². The van der Waals surface area contributed by atoms with Gasteiger partial charge in [-0.05, 0) is 0 Å². The van der Waals surface area contributed by atoms with E-state index in [9.17, 15) is 24.0 Å². The fourth-order valence-corrected chi connectivity index (χ4v) is 1.33. The summed E-state index contributed by atoms with van der Waals surface area (Å²) in [5.41, 5.74) is 0. The molecule has 0 spiro atoms. The maximum Gasteiger partial charge on any atom is 0.371 e. The first kappa shape index (κ1) is 11.8. The Kier molecular flexibility index (Phi) is 2.83. The van der Waals surface area contributed by atoms with Crippen LogP contribution in [0.3, 0.4) is 0 Å². The molecule has 10 nitrogen and oxygen atoms in total. The van der Waals surface area contributed by atoms with Crippen molar-refractivity contribution in [3.63, 3.8) is 0 Å². The van der Waals surface area contributed by atoms with E-state index in [0.717, 1.165) is 0 Å². The SMILES string of the molecule is O=C(CN1C(=O)N=NC1=O)ON1C(=O)CCC1=O. The molecule has 1 fully saturated rings. The standard InChI is InChI=1S/C8H6N4O6/c13-4-1-2-5(14)12(4)18-6(15)3-11-7(16)9-10-8(11)17/h1-3H2. The van der Waals surface area contributed by atoms with Crippen molar-refractivity contribution in [3.05, 3.63) is 0 Å². The van der Waals surface area contributed by atoms with Crippen LogP contribution >= 0.6 is 0 Å². The van der Waals surface area contributed by atoms with Gasteiger partial charge in [-0.25, -0.2) is 19.3 Å². The third kappa shape index (κ3) is 2.07. The average Bonchev–Trinajstić information content (AvgIpc) is 2.79. The predicted octanol–water partition coefficient (Wildman–Crippen LogP) is -0.399. The third-order valence-electron chi connectivity index (χ3n) is 2.17. The van der Waals surface area contributed by atoms with E-state index in [4.69, 9.17) is 0 Å². The lowest BCUT2D eigenvalue weighted by Gasteiger charge is -2.14. The maximum absolute atomic E-state index is 11.3. The minimum atomic E-state index is -1.10. The Morgan fingerprint density at radius 3 is 2.06 bits per heavy atom. The molecule has 0 radical (unpaired) electrons. The van der Waals surface area contributed by atoms with Gasteiger partial charge in [0, 0.05) is 12.8 Å². The first-order valence-corrected chi connectivity index (χ1v) is 4.83. The Balaban J connectivity index is 1.93. The Hall–Kier alpha value is -2.65. The molecule has 2 aliphatic rings. The molecule has 0 bridgehead atoms. The van der Waals surface area contributed by atoms with Crippen molar-refractivity contribution in [3.8, 4) is 0 Å². The minimum absolute atomic E-state index is 0.0433. The van der Waals surface area contributed by atoms with Gasteiger partial charge >= 0.3 is 18.0 Å². The van der Waals surface area contributed by atoms with Crippen LogP contribution in [0.15, 0.2) is 10.2 Å². The van der Waals surface area contributed by atoms with E-state index in [-0.39, 0.29) is 12.8 Å². The zero-order valence-electron chi connectivity index (χ0n) is 8.86. The first-order valence-electron chi connectivity index (χ1n) is 4.83. The molecule has 0 aromatic rings. The fraction of sp³-hybridized carbons (Fsp3) is 0.375. The fourth-order valence-electron chi connectivity index (χ4n) is 1.33. The average molecular weight is 254 g/mol. The lowest BCUT2D eigenvalue weighted by molar-refractivity contribution is -0.197. The molecule has 0 unspecified atom stereocenters. The number of hydroxylamine groups is 2. The van der Waals surface area contributed by atoms with Gasteiger partial charge in [0.05, 0.1) is 0 Å². The molecule has 0 aliphatic carbocycles. The van der Waals surface area contributed by atoms with E-state index < -0.39 is 36.4 Å². The predicted molar refractivity (Wildman–Crippen MR) is 49.5 cm³/mol. The molecule has 0 saturated carbocycles. The van der Waals surface area contributed by atoms with Crippen molar-refractivity contribution < 1.29 is 28.8 Å². The summed E-state index contributed by atoms with van der Waals surface area (Å²) in [6.07, 6.45) is -0.0866. The Bertz CT molecular complexity index is 458. The van der Waals surface area contributed by atoms with Gasteiger partial charge in [0.25, 0.3) is 11.8 Å². The monoisotopic (exact) mass is 254 g/mol. The second kappa shape index (κ2) is 4.31. The minimum Gasteiger partial charge on any atom is -0.328 e. The molecule has 0 N–H and O–H groups in total. The van der Waals surface area contributed by atoms with E-state index in [2.05, 4.69) is 15.1 Å². The molecule has 0 aromatic carbocycles. The highest BCUT2D eigenvalue weighted by Gasteiger charge is 2.35. The number of azo groups is 1. The van der Waals surface area contributed by atoms with Crippen LogP contribution in [0, 0.1) is 0 Å². The molecule has 0 aromatic heterocycles. The van der Waals surface area contributed by atoms with Crippen LogP contribution in [-0.2, 0) is 19.2 Å². The van der Waals surface area contributed by atoms with Gasteiger partial charge in [-0.2, -0.15) is 0 Å². The van der Waals surface area contributed by atoms with Crippen LogP contribution in [0.25, 0.3) is 0 Å². The third-order valence-corrected chi connectivity index (χ3v) is 2.17. The van der Waals surface area contributed by atoms with Gasteiger partial charge in [0.15, 0.2) is 0 Å². The van der Waals surface area contributed by atoms with Gasteiger partial charge in [0.1, 0.15) is 6.54 Å². The van der Waals surface area contributed by atoms with E-state index in [0.29, 0.717) is 9.96 Å². The maximum atomic E-state index is 11.3. The number of hydrogen-bond donors (Lipinski definition) is 0. The number of amides is 6. The van der Waals surface area contributed by atoms with Crippen LogP contribution in [0.5, 0.6) is 0 Å². The molecule has 2 aliphatic heterocycles. The van der Waals surface area contributed by atoms with Gasteiger partial charge in [-0.3, -0.25) is 9.59 Å². The van der Waals surface area contributed by atoms with Crippen LogP contribution in [0.2, 0.25) is 0 Å². The summed E-state index contributed by atoms with van der Waals surface area (Å²) >= 11 is 0. The number of hydrogen-bond acceptors (Lipinski definition) is 6. The number of urea groups is 2. The summed E-state index contributed by atoms with van der Waals surface area (Å²) < 4.78 is 0. The van der Waals surface area contributed by atoms with Gasteiger partial charge < -0.3 is 4.84 Å². The van der Waals surface area contributed by atoms with Crippen molar-refractivity contribution in [2.45, 2.75) is 12.8 Å². The largest absolute Gasteiger partial charge is 0.371 e. The zero-order chi connectivity index (χ0) is 13.3. The van der Waals surface area contributed by atoms with Gasteiger partial charge in [-0.15, -0.1) is 5.06 Å². The highest BCUT2D eigenvalue weighted by molar-refractivity contribution is 6.03. The molecule has 94 valence electrons. The summed E-state index contributed by atoms with van der Waals surface area (Å²) in [6, 6.07) is -2.01. The molecule has 1 saturated heterocycles. The summed E-state index contributed by atoms with van der Waals surface area (Å²) in [5, 5.41) is 6.16. The van der Waals surface area contributed by atoms with Crippen LogP contribution in [0.1, 0.15) is 12.8 Å². The molecule has 10 heteroatoms. The van der Waals surface area contributed by atoms with Crippen molar-refractivity contribution in [2.24, 2.45) is 10.2 Å². The zero-order valence-corrected chi connectivity index (χ0v) is 8.86. The molecular weight excluding hydrogens is 248 g/mol. The van der Waals surface area contributed by atoms with E-state index in [1.807, 2.05) is 0 Å². The van der Waals surface area contributed by atoms with Crippen LogP contribution in [-0.4, -0.2) is 46.4 Å². The summed E-state index contributed by atoms with van der Waals surface area (Å²) in [6.45, 7) is -0.762. The van der Waals surface area contributed by atoms with E-state index in [1.54, 1.807) is 0 Å². The summed E-state index contributed by atoms with van der Waals surface area (Å²) in [7, 11) is 0.